The molecule has 1 N–H and O–H groups in total. The van der Waals surface area contributed by atoms with E-state index < -0.39 is 0 Å². The zero-order valence-corrected chi connectivity index (χ0v) is 12.4. The van der Waals surface area contributed by atoms with Gasteiger partial charge in [-0.2, -0.15) is 0 Å². The van der Waals surface area contributed by atoms with E-state index in [1.807, 2.05) is 12.1 Å². The van der Waals surface area contributed by atoms with E-state index in [1.165, 1.54) is 17.7 Å². The fraction of sp³-hybridized carbons (Fsp3) is 0.278. The molecule has 0 bridgehead atoms. The van der Waals surface area contributed by atoms with E-state index in [0.717, 1.165) is 12.0 Å². The Morgan fingerprint density at radius 2 is 1.71 bits per heavy atom. The van der Waals surface area contributed by atoms with Gasteiger partial charge in [-0.05, 0) is 47.7 Å². The summed E-state index contributed by atoms with van der Waals surface area (Å²) in [6, 6.07) is 14.2. The van der Waals surface area contributed by atoms with Crippen LogP contribution >= 0.6 is 0 Å². The average Bonchev–Trinajstić information content (AvgIpc) is 2.53. The smallest absolute Gasteiger partial charge is 0.338 e. The van der Waals surface area contributed by atoms with E-state index in [9.17, 15) is 9.90 Å². The Labute approximate surface area is 125 Å². The van der Waals surface area contributed by atoms with Gasteiger partial charge in [0.05, 0.1) is 5.56 Å². The van der Waals surface area contributed by atoms with Crippen LogP contribution in [-0.4, -0.2) is 11.1 Å². The number of ether oxygens (including phenoxy) is 1. The van der Waals surface area contributed by atoms with Gasteiger partial charge < -0.3 is 9.84 Å². The average molecular weight is 284 g/mol. The van der Waals surface area contributed by atoms with Gasteiger partial charge in [0, 0.05) is 0 Å². The molecule has 0 aliphatic rings. The van der Waals surface area contributed by atoms with Crippen LogP contribution in [0, 0.1) is 0 Å². The van der Waals surface area contributed by atoms with E-state index in [-0.39, 0.29) is 18.3 Å². The lowest BCUT2D eigenvalue weighted by atomic mass is 9.98. The Bertz CT molecular complexity index is 585. The summed E-state index contributed by atoms with van der Waals surface area (Å²) in [7, 11) is 0. The van der Waals surface area contributed by atoms with Crippen LogP contribution in [0.5, 0.6) is 5.75 Å². The van der Waals surface area contributed by atoms with Crippen molar-refractivity contribution in [3.05, 3.63) is 65.2 Å². The predicted molar refractivity (Wildman–Crippen MR) is 82.4 cm³/mol. The number of carbonyl (C=O) groups is 1. The molecule has 0 aromatic heterocycles. The first-order chi connectivity index (χ1) is 10.1. The number of esters is 1. The van der Waals surface area contributed by atoms with Gasteiger partial charge in [-0.15, -0.1) is 0 Å². The molecule has 21 heavy (non-hydrogen) atoms. The summed E-state index contributed by atoms with van der Waals surface area (Å²) in [5.41, 5.74) is 2.70. The van der Waals surface area contributed by atoms with Gasteiger partial charge >= 0.3 is 5.97 Å². The van der Waals surface area contributed by atoms with Crippen molar-refractivity contribution in [1.29, 1.82) is 0 Å². The van der Waals surface area contributed by atoms with Crippen molar-refractivity contribution in [3.8, 4) is 5.75 Å². The third-order valence-electron chi connectivity index (χ3n) is 3.63. The third-order valence-corrected chi connectivity index (χ3v) is 3.63. The Hall–Kier alpha value is -2.29. The van der Waals surface area contributed by atoms with Gasteiger partial charge in [-0.3, -0.25) is 0 Å². The molecule has 110 valence electrons. The summed E-state index contributed by atoms with van der Waals surface area (Å²) in [5, 5.41) is 9.19. The second-order valence-electron chi connectivity index (χ2n) is 5.17. The van der Waals surface area contributed by atoms with Crippen LogP contribution in [0.25, 0.3) is 0 Å². The van der Waals surface area contributed by atoms with Crippen molar-refractivity contribution in [3.63, 3.8) is 0 Å². The summed E-state index contributed by atoms with van der Waals surface area (Å²) in [4.78, 5) is 11.8. The van der Waals surface area contributed by atoms with Crippen molar-refractivity contribution in [2.75, 3.05) is 0 Å². The lowest BCUT2D eigenvalue weighted by molar-refractivity contribution is 0.0472. The summed E-state index contributed by atoms with van der Waals surface area (Å²) < 4.78 is 5.26. The lowest BCUT2D eigenvalue weighted by Crippen LogP contribution is -2.05. The molecule has 0 amide bonds. The van der Waals surface area contributed by atoms with Crippen LogP contribution < -0.4 is 0 Å². The normalized spacial score (nSPS) is 11.9. The van der Waals surface area contributed by atoms with Crippen LogP contribution in [0.1, 0.15) is 47.7 Å². The molecule has 1 unspecified atom stereocenters. The minimum atomic E-state index is -0.388. The molecule has 0 saturated carbocycles. The second kappa shape index (κ2) is 6.93. The first-order valence-corrected chi connectivity index (χ1v) is 7.15. The van der Waals surface area contributed by atoms with E-state index in [2.05, 4.69) is 26.0 Å². The van der Waals surface area contributed by atoms with Gasteiger partial charge in [-0.25, -0.2) is 4.79 Å². The zero-order valence-electron chi connectivity index (χ0n) is 12.4. The first-order valence-electron chi connectivity index (χ1n) is 7.15. The van der Waals surface area contributed by atoms with Gasteiger partial charge in [0.2, 0.25) is 0 Å². The van der Waals surface area contributed by atoms with E-state index in [1.54, 1.807) is 12.1 Å². The molecule has 0 fully saturated rings. The SMILES string of the molecule is CCC(C)c1ccc(COC(=O)c2ccc(O)cc2)cc1. The fourth-order valence-electron chi connectivity index (χ4n) is 2.01. The van der Waals surface area contributed by atoms with Crippen molar-refractivity contribution < 1.29 is 14.6 Å². The quantitative estimate of drug-likeness (QED) is 0.834. The molecule has 2 aromatic carbocycles. The van der Waals surface area contributed by atoms with E-state index in [4.69, 9.17) is 4.74 Å². The molecule has 3 heteroatoms. The maximum absolute atomic E-state index is 11.8. The molecule has 2 rings (SSSR count). The highest BCUT2D eigenvalue weighted by molar-refractivity contribution is 5.89. The maximum Gasteiger partial charge on any atom is 0.338 e. The highest BCUT2D eigenvalue weighted by Crippen LogP contribution is 2.19. The van der Waals surface area contributed by atoms with Gasteiger partial charge in [0.25, 0.3) is 0 Å². The van der Waals surface area contributed by atoms with Crippen LogP contribution in [-0.2, 0) is 11.3 Å². The molecule has 0 aliphatic heterocycles. The molecule has 3 nitrogen and oxygen atoms in total. The second-order valence-corrected chi connectivity index (χ2v) is 5.17. The topological polar surface area (TPSA) is 46.5 Å². The Kier molecular flexibility index (Phi) is 4.99. The van der Waals surface area contributed by atoms with Crippen molar-refractivity contribution in [1.82, 2.24) is 0 Å². The highest BCUT2D eigenvalue weighted by Gasteiger charge is 2.08. The number of hydrogen-bond donors (Lipinski definition) is 1. The Morgan fingerprint density at radius 1 is 1.10 bits per heavy atom. The summed E-state index contributed by atoms with van der Waals surface area (Å²) in [6.07, 6.45) is 1.11. The third kappa shape index (κ3) is 4.09. The standard InChI is InChI=1S/C18H20O3/c1-3-13(2)15-6-4-14(5-7-15)12-21-18(20)16-8-10-17(19)11-9-16/h4-11,13,19H,3,12H2,1-2H3. The van der Waals surface area contributed by atoms with Crippen LogP contribution in [0.15, 0.2) is 48.5 Å². The monoisotopic (exact) mass is 284 g/mol. The zero-order chi connectivity index (χ0) is 15.2. The molecular weight excluding hydrogens is 264 g/mol. The molecule has 0 spiro atoms. The lowest BCUT2D eigenvalue weighted by Gasteiger charge is -2.10. The largest absolute Gasteiger partial charge is 0.508 e. The van der Waals surface area contributed by atoms with Crippen molar-refractivity contribution in [2.45, 2.75) is 32.8 Å². The van der Waals surface area contributed by atoms with Crippen molar-refractivity contribution >= 4 is 5.97 Å². The minimum Gasteiger partial charge on any atom is -0.508 e. The Balaban J connectivity index is 1.93. The molecule has 0 radical (unpaired) electrons. The summed E-state index contributed by atoms with van der Waals surface area (Å²) in [5.74, 6) is 0.284. The van der Waals surface area contributed by atoms with Crippen LogP contribution in [0.2, 0.25) is 0 Å². The number of rotatable bonds is 5. The number of phenols is 1. The minimum absolute atomic E-state index is 0.132. The molecule has 1 atom stereocenters. The summed E-state index contributed by atoms with van der Waals surface area (Å²) >= 11 is 0. The van der Waals surface area contributed by atoms with Gasteiger partial charge in [-0.1, -0.05) is 38.1 Å². The Morgan fingerprint density at radius 3 is 2.29 bits per heavy atom. The highest BCUT2D eigenvalue weighted by atomic mass is 16.5. The first kappa shape index (κ1) is 15.1. The maximum atomic E-state index is 11.8. The predicted octanol–water partition coefficient (Wildman–Crippen LogP) is 4.26. The number of aromatic hydroxyl groups is 1. The van der Waals surface area contributed by atoms with E-state index >= 15 is 0 Å². The van der Waals surface area contributed by atoms with Crippen LogP contribution in [0.3, 0.4) is 0 Å². The molecule has 0 aliphatic carbocycles. The fourth-order valence-corrected chi connectivity index (χ4v) is 2.01. The molecule has 0 saturated heterocycles. The number of phenolic OH excluding ortho intramolecular Hbond substituents is 1. The molecule has 0 heterocycles. The van der Waals surface area contributed by atoms with Gasteiger partial charge in [0.15, 0.2) is 0 Å². The number of hydrogen-bond acceptors (Lipinski definition) is 3. The summed E-state index contributed by atoms with van der Waals surface area (Å²) in [6.45, 7) is 4.61. The van der Waals surface area contributed by atoms with Crippen LogP contribution in [0.4, 0.5) is 0 Å². The van der Waals surface area contributed by atoms with Crippen molar-refractivity contribution in [2.24, 2.45) is 0 Å². The number of carbonyl (C=O) groups excluding carboxylic acids is 1. The van der Waals surface area contributed by atoms with Gasteiger partial charge in [0.1, 0.15) is 12.4 Å². The molecular formula is C18H20O3. The van der Waals surface area contributed by atoms with E-state index in [0.29, 0.717) is 11.5 Å². The molecule has 2 aromatic rings. The number of benzene rings is 2.